The summed E-state index contributed by atoms with van der Waals surface area (Å²) in [4.78, 5) is 61.1. The fourth-order valence-electron chi connectivity index (χ4n) is 13.4. The summed E-state index contributed by atoms with van der Waals surface area (Å²) >= 11 is 3.65. The zero-order valence-electron chi connectivity index (χ0n) is 38.0. The Morgan fingerprint density at radius 2 is 1.32 bits per heavy atom. The zero-order chi connectivity index (χ0) is 48.7. The molecule has 1 unspecified atom stereocenters. The number of hydrogen-bond acceptors (Lipinski definition) is 16. The number of allylic oxidation sites excluding steroid dienone is 2. The molecule has 20 heteroatoms. The van der Waals surface area contributed by atoms with Crippen LogP contribution in [0.25, 0.3) is 0 Å². The third-order valence-corrected chi connectivity index (χ3v) is 18.1. The van der Waals surface area contributed by atoms with Crippen molar-refractivity contribution in [1.29, 1.82) is 0 Å². The summed E-state index contributed by atoms with van der Waals surface area (Å²) in [5, 5.41) is 91.0. The third-order valence-electron chi connectivity index (χ3n) is 17.7. The number of fused-ring (bicyclic) bond motifs is 7. The van der Waals surface area contributed by atoms with Crippen LogP contribution in [0.2, 0.25) is 0 Å². The number of ether oxygens (including phenoxy) is 4. The van der Waals surface area contributed by atoms with Crippen LogP contribution in [0.3, 0.4) is 0 Å². The lowest BCUT2D eigenvalue weighted by atomic mass is 9.33. The van der Waals surface area contributed by atoms with Crippen LogP contribution in [0.15, 0.2) is 11.6 Å². The van der Waals surface area contributed by atoms with Crippen molar-refractivity contribution in [1.82, 2.24) is 0 Å². The van der Waals surface area contributed by atoms with Crippen molar-refractivity contribution in [3.63, 3.8) is 0 Å². The fraction of sp³-hybridized carbons (Fsp3) is 0.844. The van der Waals surface area contributed by atoms with Gasteiger partial charge in [-0.25, -0.2) is 9.59 Å². The Morgan fingerprint density at radius 1 is 0.754 bits per heavy atom. The van der Waals surface area contributed by atoms with Gasteiger partial charge in [-0.15, -0.1) is 0 Å². The first-order chi connectivity index (χ1) is 30.0. The van der Waals surface area contributed by atoms with E-state index in [2.05, 4.69) is 40.3 Å². The van der Waals surface area contributed by atoms with Gasteiger partial charge < -0.3 is 70.6 Å². The molecular formula is C45H69NO18S. The van der Waals surface area contributed by atoms with Gasteiger partial charge in [0.1, 0.15) is 42.7 Å². The minimum absolute atomic E-state index is 0.0217. The second kappa shape index (κ2) is 18.0. The molecule has 6 fully saturated rings. The highest BCUT2D eigenvalue weighted by atomic mass is 32.1. The first kappa shape index (κ1) is 51.6. The van der Waals surface area contributed by atoms with Crippen molar-refractivity contribution in [2.75, 3.05) is 5.75 Å². The summed E-state index contributed by atoms with van der Waals surface area (Å²) in [5.74, 6) is -5.28. The van der Waals surface area contributed by atoms with Gasteiger partial charge >= 0.3 is 23.9 Å². The Kier molecular flexibility index (Phi) is 14.3. The number of carboxylic acids is 4. The summed E-state index contributed by atoms with van der Waals surface area (Å²) < 4.78 is 23.4. The summed E-state index contributed by atoms with van der Waals surface area (Å²) in [6.45, 7) is 14.8. The quantitative estimate of drug-likeness (QED) is 0.115. The number of hydrogen-bond donors (Lipinski definition) is 11. The molecule has 2 heterocycles. The number of thiol groups is 1. The third kappa shape index (κ3) is 8.48. The van der Waals surface area contributed by atoms with Crippen LogP contribution in [0.1, 0.15) is 106 Å². The normalized spacial score (nSPS) is 48.3. The minimum Gasteiger partial charge on any atom is -0.481 e. The van der Waals surface area contributed by atoms with Crippen LogP contribution in [0.5, 0.6) is 0 Å². The van der Waals surface area contributed by atoms with Gasteiger partial charge in [-0.1, -0.05) is 47.1 Å². The molecule has 65 heavy (non-hydrogen) atoms. The Labute approximate surface area is 383 Å². The van der Waals surface area contributed by atoms with Crippen molar-refractivity contribution in [2.24, 2.45) is 56.0 Å². The molecule has 2 saturated heterocycles. The molecule has 368 valence electrons. The number of aliphatic hydroxyl groups excluding tert-OH is 5. The second-order valence-corrected chi connectivity index (χ2v) is 22.1. The van der Waals surface area contributed by atoms with Gasteiger partial charge in [0.2, 0.25) is 0 Å². The number of aliphatic carboxylic acids is 4. The first-order valence-electron chi connectivity index (χ1n) is 22.5. The van der Waals surface area contributed by atoms with E-state index >= 15 is 0 Å². The van der Waals surface area contributed by atoms with Gasteiger partial charge in [0.15, 0.2) is 30.6 Å². The zero-order valence-corrected chi connectivity index (χ0v) is 38.9. The Morgan fingerprint density at radius 3 is 1.86 bits per heavy atom. The number of ketones is 1. The molecule has 11 N–H and O–H groups in total. The van der Waals surface area contributed by atoms with Crippen LogP contribution in [-0.2, 0) is 42.9 Å². The smallest absolute Gasteiger partial charge is 0.335 e. The van der Waals surface area contributed by atoms with Crippen LogP contribution >= 0.6 is 12.6 Å². The van der Waals surface area contributed by atoms with E-state index in [0.717, 1.165) is 37.7 Å². The van der Waals surface area contributed by atoms with E-state index in [1.807, 2.05) is 26.8 Å². The number of nitrogens with two attached hydrogens (primary N) is 1. The van der Waals surface area contributed by atoms with Gasteiger partial charge in [0.05, 0.1) is 11.5 Å². The lowest BCUT2D eigenvalue weighted by molar-refractivity contribution is -0.371. The van der Waals surface area contributed by atoms with E-state index in [-0.39, 0.29) is 40.1 Å². The summed E-state index contributed by atoms with van der Waals surface area (Å²) in [6.07, 6.45) is -12.2. The number of carbonyl (C=O) groups excluding carboxylic acids is 1. The molecule has 0 amide bonds. The van der Waals surface area contributed by atoms with Crippen LogP contribution < -0.4 is 5.73 Å². The van der Waals surface area contributed by atoms with E-state index in [4.69, 9.17) is 29.8 Å². The molecule has 7 aliphatic rings. The minimum atomic E-state index is -2.05. The molecular weight excluding hydrogens is 875 g/mol. The first-order valence-corrected chi connectivity index (χ1v) is 23.2. The van der Waals surface area contributed by atoms with Crippen molar-refractivity contribution < 1.29 is 88.9 Å². The molecule has 7 rings (SSSR count). The number of aliphatic hydroxyl groups is 5. The van der Waals surface area contributed by atoms with Crippen LogP contribution in [0, 0.1) is 50.2 Å². The van der Waals surface area contributed by atoms with E-state index in [9.17, 15) is 64.8 Å². The van der Waals surface area contributed by atoms with Gasteiger partial charge in [-0.3, -0.25) is 14.4 Å². The lowest BCUT2D eigenvalue weighted by Gasteiger charge is -2.70. The van der Waals surface area contributed by atoms with E-state index < -0.39 is 119 Å². The van der Waals surface area contributed by atoms with Crippen molar-refractivity contribution >= 4 is 42.3 Å². The maximum Gasteiger partial charge on any atom is 0.335 e. The van der Waals surface area contributed by atoms with Gasteiger partial charge in [0, 0.05) is 11.7 Å². The van der Waals surface area contributed by atoms with E-state index in [1.54, 1.807) is 0 Å². The fourth-order valence-corrected chi connectivity index (χ4v) is 13.6. The van der Waals surface area contributed by atoms with Gasteiger partial charge in [-0.05, 0) is 110 Å². The van der Waals surface area contributed by atoms with Crippen molar-refractivity contribution in [3.05, 3.63) is 11.6 Å². The topological polar surface area (TPSA) is 330 Å². The van der Waals surface area contributed by atoms with Crippen molar-refractivity contribution in [2.45, 2.75) is 180 Å². The predicted molar refractivity (Wildman–Crippen MR) is 229 cm³/mol. The summed E-state index contributed by atoms with van der Waals surface area (Å²) in [6, 6.07) is -0.816. The average molecular weight is 944 g/mol. The molecule has 0 aromatic carbocycles. The molecule has 0 aromatic heterocycles. The number of rotatable bonds is 9. The highest BCUT2D eigenvalue weighted by Crippen LogP contribution is 2.75. The number of carboxylic acid groups (broad SMARTS) is 4. The molecule has 0 aromatic rings. The molecule has 20 atom stereocenters. The summed E-state index contributed by atoms with van der Waals surface area (Å²) in [5.41, 5.74) is 3.13. The second-order valence-electron chi connectivity index (χ2n) is 21.8. The van der Waals surface area contributed by atoms with Crippen molar-refractivity contribution in [3.8, 4) is 0 Å². The molecule has 0 radical (unpaired) electrons. The van der Waals surface area contributed by atoms with Gasteiger partial charge in [0.25, 0.3) is 0 Å². The highest BCUT2D eigenvalue weighted by Gasteiger charge is 2.71. The lowest BCUT2D eigenvalue weighted by Crippen LogP contribution is -2.68. The Hall–Kier alpha value is -2.76. The maximum atomic E-state index is 14.8. The Bertz CT molecular complexity index is 1920. The molecule has 0 bridgehead atoms. The van der Waals surface area contributed by atoms with E-state index in [0.29, 0.717) is 25.7 Å². The van der Waals surface area contributed by atoms with Gasteiger partial charge in [-0.2, -0.15) is 12.6 Å². The number of carbonyl (C=O) groups is 5. The molecule has 2 aliphatic heterocycles. The largest absolute Gasteiger partial charge is 0.481 e. The maximum absolute atomic E-state index is 14.8. The van der Waals surface area contributed by atoms with Crippen LogP contribution in [-0.4, -0.2) is 155 Å². The van der Waals surface area contributed by atoms with E-state index in [1.165, 1.54) is 0 Å². The molecule has 19 nitrogen and oxygen atoms in total. The molecule has 5 aliphatic carbocycles. The molecule has 0 spiro atoms. The highest BCUT2D eigenvalue weighted by molar-refractivity contribution is 7.80. The average Bonchev–Trinajstić information content (AvgIpc) is 3.22. The monoisotopic (exact) mass is 943 g/mol. The molecule has 4 saturated carbocycles. The standard InChI is InChI=1S/C42H62O16.C3H7NO2S/c1-37(2)21-8-11-42(7)31(20(43)16-18-19-17-39(4,36(53)54)13-12-38(19,3)14-15-41(18,42)6)40(21,5)10-9-22(37)55-35-30(26(47)25(46)29(57-35)33(51)52)58-34-27(48)23(44)24(45)28(56-34)32(49)50;4-2(1-7)3(5)6/h16,19,21-31,34-35,44-48H,8-15,17H2,1-7H3,(H,49,50)(H,51,52)(H,53,54);2,7H,1,4H2,(H,5,6)/t19-,21-,22-,23-,24-,25-,26-,27+,28-,29-,30+,31+,34-,35-,38+,39-,40-,41+,42+;/m0./s1. The Balaban J connectivity index is 0.000000925. The predicted octanol–water partition coefficient (Wildman–Crippen LogP) is 1.57. The SMILES string of the molecule is CC1(C)[C@@H](O[C@H]2O[C@H](C(=O)O)[C@@H](O)[C@H](O)[C@H]2O[C@@H]2O[C@H](C(=O)O)[C@@H](O)[C@H](O)[C@H]2O)CC[C@]2(C)[C@H]3C(=O)C=C4[C@@H]5C[C@@](C)(C(=O)O)CC[C@]5(C)CC[C@@]4(C)[C@]3(C)CC[C@@H]12.NC(CS)C(=O)O. The summed E-state index contributed by atoms with van der Waals surface area (Å²) in [7, 11) is 0. The van der Waals surface area contributed by atoms with Crippen LogP contribution in [0.4, 0.5) is 0 Å².